The number of aromatic hydroxyl groups is 1. The number of aromatic nitrogens is 4. The molecule has 12 heteroatoms. The molecule has 1 amide bonds. The molecule has 10 nitrogen and oxygen atoms in total. The molecule has 0 saturated carbocycles. The minimum absolute atomic E-state index is 0.111. The van der Waals surface area contributed by atoms with Gasteiger partial charge in [-0.3, -0.25) is 14.5 Å². The highest BCUT2D eigenvalue weighted by atomic mass is 32.2. The predicted octanol–water partition coefficient (Wildman–Crippen LogP) is 5.44. The highest BCUT2D eigenvalue weighted by molar-refractivity contribution is 8.00. The van der Waals surface area contributed by atoms with Gasteiger partial charge < -0.3 is 19.4 Å². The fraction of sp³-hybridized carbons (Fsp3) is 0.167. The first-order valence-corrected chi connectivity index (χ1v) is 14.7. The van der Waals surface area contributed by atoms with Crippen molar-refractivity contribution in [2.45, 2.75) is 30.0 Å². The number of fused-ring (bicyclic) bond motifs is 1. The van der Waals surface area contributed by atoms with Crippen molar-refractivity contribution in [3.63, 3.8) is 0 Å². The van der Waals surface area contributed by atoms with Gasteiger partial charge >= 0.3 is 5.91 Å². The Morgan fingerprint density at radius 1 is 1.07 bits per heavy atom. The molecular formula is C30H25N5O5S2. The van der Waals surface area contributed by atoms with Crippen molar-refractivity contribution in [3.05, 3.63) is 101 Å². The van der Waals surface area contributed by atoms with E-state index in [1.165, 1.54) is 47.2 Å². The van der Waals surface area contributed by atoms with Crippen LogP contribution in [0.5, 0.6) is 11.5 Å². The smallest absolute Gasteiger partial charge is 0.301 e. The number of phenolic OH excluding ortho intramolecular Hbond substituents is 1. The van der Waals surface area contributed by atoms with Crippen LogP contribution in [-0.2, 0) is 15.3 Å². The number of thioether (sulfide) groups is 1. The van der Waals surface area contributed by atoms with Gasteiger partial charge in [-0.25, -0.2) is 4.98 Å². The van der Waals surface area contributed by atoms with Crippen LogP contribution in [0.3, 0.4) is 0 Å². The van der Waals surface area contributed by atoms with Crippen LogP contribution in [0.4, 0.5) is 5.13 Å². The lowest BCUT2D eigenvalue weighted by Gasteiger charge is -2.23. The molecule has 6 rings (SSSR count). The van der Waals surface area contributed by atoms with E-state index >= 15 is 0 Å². The summed E-state index contributed by atoms with van der Waals surface area (Å²) in [4.78, 5) is 33.1. The van der Waals surface area contributed by atoms with E-state index in [9.17, 15) is 19.8 Å². The molecule has 4 heterocycles. The Morgan fingerprint density at radius 3 is 2.60 bits per heavy atom. The van der Waals surface area contributed by atoms with E-state index in [0.717, 1.165) is 11.1 Å². The Kier molecular flexibility index (Phi) is 7.17. The van der Waals surface area contributed by atoms with E-state index in [1.54, 1.807) is 13.0 Å². The monoisotopic (exact) mass is 599 g/mol. The zero-order valence-corrected chi connectivity index (χ0v) is 24.4. The SMILES string of the molecule is COc1cc(C2C(=C(O)c3nc4c(C)cccn4c3C)C(=O)C(=O)N2c2nnc(SCc3ccccc3)s2)ccc1O. The Bertz CT molecular complexity index is 1880. The van der Waals surface area contributed by atoms with E-state index in [2.05, 4.69) is 15.2 Å². The minimum Gasteiger partial charge on any atom is -0.505 e. The molecule has 1 unspecified atom stereocenters. The molecule has 42 heavy (non-hydrogen) atoms. The molecule has 3 aromatic heterocycles. The normalized spacial score (nSPS) is 16.5. The lowest BCUT2D eigenvalue weighted by atomic mass is 9.96. The number of rotatable bonds is 7. The van der Waals surface area contributed by atoms with Crippen LogP contribution < -0.4 is 9.64 Å². The number of aliphatic hydroxyl groups is 1. The minimum atomic E-state index is -1.08. The molecule has 1 saturated heterocycles. The Morgan fingerprint density at radius 2 is 1.86 bits per heavy atom. The first-order chi connectivity index (χ1) is 20.3. The van der Waals surface area contributed by atoms with Gasteiger partial charge in [-0.15, -0.1) is 10.2 Å². The summed E-state index contributed by atoms with van der Waals surface area (Å²) in [5.41, 5.74) is 3.69. The first kappa shape index (κ1) is 27.5. The van der Waals surface area contributed by atoms with E-state index < -0.39 is 23.5 Å². The predicted molar refractivity (Wildman–Crippen MR) is 160 cm³/mol. The van der Waals surface area contributed by atoms with Crippen LogP contribution in [-0.4, -0.2) is 48.6 Å². The lowest BCUT2D eigenvalue weighted by molar-refractivity contribution is -0.132. The van der Waals surface area contributed by atoms with Gasteiger partial charge in [0.2, 0.25) is 5.13 Å². The van der Waals surface area contributed by atoms with Crippen molar-refractivity contribution < 1.29 is 24.5 Å². The number of carbonyl (C=O) groups is 2. The maximum absolute atomic E-state index is 13.6. The molecule has 0 spiro atoms. The van der Waals surface area contributed by atoms with Crippen LogP contribution in [0.2, 0.25) is 0 Å². The van der Waals surface area contributed by atoms with Crippen molar-refractivity contribution in [1.29, 1.82) is 0 Å². The Labute approximate surface area is 248 Å². The van der Waals surface area contributed by atoms with E-state index in [4.69, 9.17) is 4.74 Å². The molecule has 1 aliphatic rings. The Hall–Kier alpha value is -4.68. The van der Waals surface area contributed by atoms with Gasteiger partial charge in [-0.1, -0.05) is 65.6 Å². The molecule has 0 bridgehead atoms. The highest BCUT2D eigenvalue weighted by Gasteiger charge is 2.49. The van der Waals surface area contributed by atoms with Crippen molar-refractivity contribution in [2.75, 3.05) is 12.0 Å². The summed E-state index contributed by atoms with van der Waals surface area (Å²) >= 11 is 2.64. The number of ketones is 1. The largest absolute Gasteiger partial charge is 0.505 e. The van der Waals surface area contributed by atoms with E-state index in [-0.39, 0.29) is 27.9 Å². The number of ether oxygens (including phenoxy) is 1. The van der Waals surface area contributed by atoms with Crippen LogP contribution >= 0.6 is 23.1 Å². The number of nitrogens with zero attached hydrogens (tertiary/aromatic N) is 5. The number of carbonyl (C=O) groups excluding carboxylic acids is 2. The molecule has 0 aliphatic carbocycles. The number of hydrogen-bond donors (Lipinski definition) is 2. The van der Waals surface area contributed by atoms with E-state index in [0.29, 0.717) is 27.0 Å². The van der Waals surface area contributed by atoms with Gasteiger partial charge in [-0.2, -0.15) is 0 Å². The molecule has 2 aromatic carbocycles. The summed E-state index contributed by atoms with van der Waals surface area (Å²) in [6.07, 6.45) is 1.82. The number of methoxy groups -OCH3 is 1. The third kappa shape index (κ3) is 4.68. The van der Waals surface area contributed by atoms with Gasteiger partial charge in [0.25, 0.3) is 5.78 Å². The summed E-state index contributed by atoms with van der Waals surface area (Å²) in [5.74, 6) is -1.46. The lowest BCUT2D eigenvalue weighted by Crippen LogP contribution is -2.29. The number of pyridine rings is 1. The molecule has 2 N–H and O–H groups in total. The number of aliphatic hydroxyl groups excluding tert-OH is 1. The van der Waals surface area contributed by atoms with Crippen LogP contribution in [0.1, 0.15) is 34.1 Å². The number of imidazole rings is 1. The number of Topliss-reactive ketones (excluding diaryl/α,β-unsaturated/α-hetero) is 1. The molecular weight excluding hydrogens is 574 g/mol. The van der Waals surface area contributed by atoms with Crippen molar-refractivity contribution in [3.8, 4) is 11.5 Å². The molecule has 1 atom stereocenters. The van der Waals surface area contributed by atoms with Crippen LogP contribution in [0, 0.1) is 13.8 Å². The maximum Gasteiger partial charge on any atom is 0.301 e. The maximum atomic E-state index is 13.6. The van der Waals surface area contributed by atoms with Crippen molar-refractivity contribution in [2.24, 2.45) is 0 Å². The first-order valence-electron chi connectivity index (χ1n) is 12.9. The number of phenols is 1. The molecule has 212 valence electrons. The second-order valence-electron chi connectivity index (χ2n) is 9.66. The fourth-order valence-electron chi connectivity index (χ4n) is 4.96. The summed E-state index contributed by atoms with van der Waals surface area (Å²) in [6.45, 7) is 3.68. The second kappa shape index (κ2) is 11.0. The number of amides is 1. The zero-order valence-electron chi connectivity index (χ0n) is 22.8. The molecule has 5 aromatic rings. The van der Waals surface area contributed by atoms with Gasteiger partial charge in [0.05, 0.1) is 24.4 Å². The molecule has 1 aliphatic heterocycles. The summed E-state index contributed by atoms with van der Waals surface area (Å²) in [7, 11) is 1.40. The van der Waals surface area contributed by atoms with Gasteiger partial charge in [0, 0.05) is 11.9 Å². The average molecular weight is 600 g/mol. The summed E-state index contributed by atoms with van der Waals surface area (Å²) in [5, 5.41) is 30.6. The summed E-state index contributed by atoms with van der Waals surface area (Å²) < 4.78 is 7.74. The fourth-order valence-corrected chi connectivity index (χ4v) is 6.78. The number of benzene rings is 2. The average Bonchev–Trinajstić information content (AvgIpc) is 3.68. The third-order valence-corrected chi connectivity index (χ3v) is 9.21. The standard InChI is InChI=1S/C30H25N5O5S2/c1-16-8-7-13-34-17(2)23(31-27(16)34)25(37)22-24(19-11-12-20(36)21(14-19)40-3)35(28(39)26(22)38)29-32-33-30(42-29)41-15-18-9-5-4-6-10-18/h4-14,24,36-37H,15H2,1-3H3. The number of aryl methyl sites for hydroxylation is 2. The van der Waals surface area contributed by atoms with Crippen LogP contribution in [0.25, 0.3) is 11.4 Å². The van der Waals surface area contributed by atoms with Crippen molar-refractivity contribution >= 4 is 51.3 Å². The van der Waals surface area contributed by atoms with E-state index in [1.807, 2.05) is 60.0 Å². The number of anilines is 1. The zero-order chi connectivity index (χ0) is 29.5. The molecule has 0 radical (unpaired) electrons. The highest BCUT2D eigenvalue weighted by Crippen LogP contribution is 2.45. The second-order valence-corrected chi connectivity index (χ2v) is 11.8. The third-order valence-electron chi connectivity index (χ3n) is 7.08. The van der Waals surface area contributed by atoms with Crippen LogP contribution in [0.15, 0.2) is 76.8 Å². The quantitative estimate of drug-likeness (QED) is 0.0826. The summed E-state index contributed by atoms with van der Waals surface area (Å²) in [6, 6.07) is 17.1. The van der Waals surface area contributed by atoms with Crippen molar-refractivity contribution in [1.82, 2.24) is 19.6 Å². The van der Waals surface area contributed by atoms with Gasteiger partial charge in [0.15, 0.2) is 21.6 Å². The van der Waals surface area contributed by atoms with Gasteiger partial charge in [-0.05, 0) is 48.7 Å². The topological polar surface area (TPSA) is 130 Å². The van der Waals surface area contributed by atoms with Gasteiger partial charge in [0.1, 0.15) is 11.3 Å². The molecule has 1 fully saturated rings. The number of hydrogen-bond acceptors (Lipinski definition) is 10. The Balaban J connectivity index is 1.47.